The summed E-state index contributed by atoms with van der Waals surface area (Å²) in [5, 5.41) is 10.8. The summed E-state index contributed by atoms with van der Waals surface area (Å²) < 4.78 is 5.92. The van der Waals surface area contributed by atoms with Crippen molar-refractivity contribution >= 4 is 17.8 Å². The van der Waals surface area contributed by atoms with Gasteiger partial charge in [-0.2, -0.15) is 0 Å². The number of ether oxygens (including phenoxy) is 1. The molecule has 34 heavy (non-hydrogen) atoms. The minimum absolute atomic E-state index is 0.0928. The third-order valence-corrected chi connectivity index (χ3v) is 5.72. The van der Waals surface area contributed by atoms with E-state index in [9.17, 15) is 14.7 Å². The Morgan fingerprint density at radius 1 is 1.15 bits per heavy atom. The highest BCUT2D eigenvalue weighted by Crippen LogP contribution is 2.38. The first kappa shape index (κ1) is 25.2. The average molecular weight is 463 g/mol. The Hall–Kier alpha value is -3.38. The van der Waals surface area contributed by atoms with Gasteiger partial charge in [-0.3, -0.25) is 9.59 Å². The van der Waals surface area contributed by atoms with Crippen LogP contribution >= 0.6 is 0 Å². The van der Waals surface area contributed by atoms with Crippen molar-refractivity contribution in [2.24, 2.45) is 5.92 Å². The molecule has 1 atom stereocenters. The summed E-state index contributed by atoms with van der Waals surface area (Å²) >= 11 is 0. The lowest BCUT2D eigenvalue weighted by Gasteiger charge is -2.28. The van der Waals surface area contributed by atoms with E-state index in [1.54, 1.807) is 11.0 Å². The molecule has 2 aromatic carbocycles. The second kappa shape index (κ2) is 11.7. The van der Waals surface area contributed by atoms with Crippen molar-refractivity contribution in [2.75, 3.05) is 33.8 Å². The number of nitrogens with zero attached hydrogens (tertiary/aromatic N) is 2. The van der Waals surface area contributed by atoms with Gasteiger partial charge < -0.3 is 19.6 Å². The summed E-state index contributed by atoms with van der Waals surface area (Å²) in [6, 6.07) is 16.2. The molecule has 180 valence electrons. The SMILES string of the molecule is CC(C)CCOc1cccc(C2C(C(=O)C=Cc3ccccc3)=C(O)C(=O)N2CCN(C)C)c1. The smallest absolute Gasteiger partial charge is 0.290 e. The second-order valence-corrected chi connectivity index (χ2v) is 9.18. The fourth-order valence-corrected chi connectivity index (χ4v) is 3.80. The maximum atomic E-state index is 13.2. The lowest BCUT2D eigenvalue weighted by atomic mass is 9.95. The number of rotatable bonds is 11. The highest BCUT2D eigenvalue weighted by atomic mass is 16.5. The molecule has 3 rings (SSSR count). The lowest BCUT2D eigenvalue weighted by Crippen LogP contribution is -2.36. The predicted octanol–water partition coefficient (Wildman–Crippen LogP) is 4.65. The number of hydrogen-bond acceptors (Lipinski definition) is 5. The van der Waals surface area contributed by atoms with E-state index in [2.05, 4.69) is 13.8 Å². The monoisotopic (exact) mass is 462 g/mol. The minimum Gasteiger partial charge on any atom is -0.503 e. The first-order valence-electron chi connectivity index (χ1n) is 11.7. The normalized spacial score (nSPS) is 16.4. The molecule has 0 aliphatic carbocycles. The molecule has 0 saturated carbocycles. The van der Waals surface area contributed by atoms with Crippen LogP contribution in [0.1, 0.15) is 37.4 Å². The zero-order chi connectivity index (χ0) is 24.7. The van der Waals surface area contributed by atoms with Crippen LogP contribution in [0.15, 0.2) is 72.0 Å². The van der Waals surface area contributed by atoms with E-state index in [-0.39, 0.29) is 5.57 Å². The molecule has 1 heterocycles. The van der Waals surface area contributed by atoms with E-state index in [0.717, 1.165) is 17.5 Å². The molecule has 0 saturated heterocycles. The lowest BCUT2D eigenvalue weighted by molar-refractivity contribution is -0.129. The Labute approximate surface area is 202 Å². The number of likely N-dealkylation sites (N-methyl/N-ethyl adjacent to an activating group) is 1. The summed E-state index contributed by atoms with van der Waals surface area (Å²) in [5.41, 5.74) is 1.69. The molecule has 1 unspecified atom stereocenters. The Kier molecular flexibility index (Phi) is 8.66. The number of aliphatic hydroxyl groups is 1. The maximum absolute atomic E-state index is 13.2. The Morgan fingerprint density at radius 2 is 1.88 bits per heavy atom. The fourth-order valence-electron chi connectivity index (χ4n) is 3.80. The first-order valence-corrected chi connectivity index (χ1v) is 11.7. The van der Waals surface area contributed by atoms with Gasteiger partial charge in [0, 0.05) is 13.1 Å². The number of carbonyl (C=O) groups excluding carboxylic acids is 2. The minimum atomic E-state index is -0.686. The van der Waals surface area contributed by atoms with Crippen molar-refractivity contribution < 1.29 is 19.4 Å². The molecule has 1 N–H and O–H groups in total. The molecule has 0 radical (unpaired) electrons. The van der Waals surface area contributed by atoms with Crippen molar-refractivity contribution in [1.29, 1.82) is 0 Å². The van der Waals surface area contributed by atoms with Crippen LogP contribution in [-0.2, 0) is 9.59 Å². The van der Waals surface area contributed by atoms with E-state index >= 15 is 0 Å². The first-order chi connectivity index (χ1) is 16.3. The molecular formula is C28H34N2O4. The van der Waals surface area contributed by atoms with Crippen LogP contribution in [0, 0.1) is 5.92 Å². The van der Waals surface area contributed by atoms with E-state index < -0.39 is 23.5 Å². The summed E-state index contributed by atoms with van der Waals surface area (Å²) in [7, 11) is 3.83. The summed E-state index contributed by atoms with van der Waals surface area (Å²) in [6.07, 6.45) is 4.04. The number of benzene rings is 2. The van der Waals surface area contributed by atoms with Crippen LogP contribution < -0.4 is 4.74 Å². The predicted molar refractivity (Wildman–Crippen MR) is 135 cm³/mol. The van der Waals surface area contributed by atoms with Gasteiger partial charge in [-0.15, -0.1) is 0 Å². The average Bonchev–Trinajstić information content (AvgIpc) is 3.07. The van der Waals surface area contributed by atoms with Gasteiger partial charge in [0.25, 0.3) is 5.91 Å². The second-order valence-electron chi connectivity index (χ2n) is 9.18. The summed E-state index contributed by atoms with van der Waals surface area (Å²) in [6.45, 7) is 5.84. The molecule has 1 aliphatic heterocycles. The van der Waals surface area contributed by atoms with Crippen LogP contribution in [0.3, 0.4) is 0 Å². The van der Waals surface area contributed by atoms with Gasteiger partial charge in [0.05, 0.1) is 18.2 Å². The summed E-state index contributed by atoms with van der Waals surface area (Å²) in [4.78, 5) is 29.8. The van der Waals surface area contributed by atoms with Crippen LogP contribution in [0.4, 0.5) is 0 Å². The van der Waals surface area contributed by atoms with Crippen molar-refractivity contribution in [3.05, 3.63) is 83.1 Å². The molecule has 1 amide bonds. The molecular weight excluding hydrogens is 428 g/mol. The molecule has 1 aliphatic rings. The summed E-state index contributed by atoms with van der Waals surface area (Å²) in [5.74, 6) is -0.209. The fraction of sp³-hybridized carbons (Fsp3) is 0.357. The van der Waals surface area contributed by atoms with Crippen LogP contribution in [0.5, 0.6) is 5.75 Å². The Bertz CT molecular complexity index is 1060. The topological polar surface area (TPSA) is 70.1 Å². The number of amides is 1. The van der Waals surface area contributed by atoms with Crippen LogP contribution in [-0.4, -0.2) is 60.4 Å². The van der Waals surface area contributed by atoms with Crippen molar-refractivity contribution in [3.8, 4) is 5.75 Å². The van der Waals surface area contributed by atoms with Gasteiger partial charge in [0.15, 0.2) is 11.5 Å². The molecule has 2 aromatic rings. The molecule has 0 fully saturated rings. The quantitative estimate of drug-likeness (QED) is 0.492. The Morgan fingerprint density at radius 3 is 2.56 bits per heavy atom. The van der Waals surface area contributed by atoms with E-state index in [1.165, 1.54) is 6.08 Å². The van der Waals surface area contributed by atoms with E-state index in [1.807, 2.05) is 73.6 Å². The van der Waals surface area contributed by atoms with Crippen molar-refractivity contribution in [2.45, 2.75) is 26.3 Å². The van der Waals surface area contributed by atoms with E-state index in [0.29, 0.717) is 31.4 Å². The van der Waals surface area contributed by atoms with E-state index in [4.69, 9.17) is 4.74 Å². The largest absolute Gasteiger partial charge is 0.503 e. The zero-order valence-electron chi connectivity index (χ0n) is 20.4. The number of ketones is 1. The molecule has 6 heteroatoms. The highest BCUT2D eigenvalue weighted by Gasteiger charge is 2.42. The number of aliphatic hydroxyl groups excluding tert-OH is 1. The standard InChI is InChI=1S/C28H34N2O4/c1-20(2)15-18-34-23-12-8-11-22(19-23)26-25(24(31)14-13-21-9-6-5-7-10-21)27(32)28(33)30(26)17-16-29(3)4/h5-14,19-20,26,32H,15-18H2,1-4H3. The van der Waals surface area contributed by atoms with Gasteiger partial charge in [-0.1, -0.05) is 62.4 Å². The molecule has 0 bridgehead atoms. The highest BCUT2D eigenvalue weighted by molar-refractivity contribution is 6.14. The number of allylic oxidation sites excluding steroid dienone is 1. The molecule has 6 nitrogen and oxygen atoms in total. The van der Waals surface area contributed by atoms with Gasteiger partial charge in [-0.05, 0) is 55.8 Å². The molecule has 0 spiro atoms. The Balaban J connectivity index is 1.93. The van der Waals surface area contributed by atoms with Crippen molar-refractivity contribution in [3.63, 3.8) is 0 Å². The third kappa shape index (κ3) is 6.35. The third-order valence-electron chi connectivity index (χ3n) is 5.72. The van der Waals surface area contributed by atoms with Gasteiger partial charge >= 0.3 is 0 Å². The number of carbonyl (C=O) groups is 2. The van der Waals surface area contributed by atoms with Gasteiger partial charge in [0.1, 0.15) is 5.75 Å². The molecule has 0 aromatic heterocycles. The van der Waals surface area contributed by atoms with Gasteiger partial charge in [-0.25, -0.2) is 0 Å². The van der Waals surface area contributed by atoms with Crippen LogP contribution in [0.2, 0.25) is 0 Å². The van der Waals surface area contributed by atoms with Crippen molar-refractivity contribution in [1.82, 2.24) is 9.80 Å². The number of hydrogen-bond donors (Lipinski definition) is 1. The van der Waals surface area contributed by atoms with Gasteiger partial charge in [0.2, 0.25) is 0 Å². The maximum Gasteiger partial charge on any atom is 0.290 e. The zero-order valence-corrected chi connectivity index (χ0v) is 20.4. The van der Waals surface area contributed by atoms with Crippen LogP contribution in [0.25, 0.3) is 6.08 Å².